The summed E-state index contributed by atoms with van der Waals surface area (Å²) >= 11 is 0. The molecule has 1 aliphatic heterocycles. The van der Waals surface area contributed by atoms with Crippen LogP contribution in [0.3, 0.4) is 0 Å². The Morgan fingerprint density at radius 2 is 2.05 bits per heavy atom. The van der Waals surface area contributed by atoms with Crippen LogP contribution in [0, 0.1) is 11.8 Å². The van der Waals surface area contributed by atoms with Crippen molar-refractivity contribution in [3.05, 3.63) is 0 Å². The second kappa shape index (κ2) is 6.77. The lowest BCUT2D eigenvalue weighted by molar-refractivity contribution is -0.130. The molecule has 0 aromatic rings. The minimum atomic E-state index is -0.455. The van der Waals surface area contributed by atoms with Gasteiger partial charge in [0, 0.05) is 19.5 Å². The van der Waals surface area contributed by atoms with E-state index in [-0.39, 0.29) is 24.3 Å². The largest absolute Gasteiger partial charge is 0.394 e. The van der Waals surface area contributed by atoms with Crippen LogP contribution in [-0.2, 0) is 9.59 Å². The lowest BCUT2D eigenvalue weighted by atomic mass is 9.82. The molecule has 21 heavy (non-hydrogen) atoms. The van der Waals surface area contributed by atoms with E-state index in [1.807, 2.05) is 0 Å². The number of aliphatic hydroxyl groups is 1. The van der Waals surface area contributed by atoms with Crippen molar-refractivity contribution in [3.63, 3.8) is 0 Å². The summed E-state index contributed by atoms with van der Waals surface area (Å²) in [5.74, 6) is 0.163. The van der Waals surface area contributed by atoms with Crippen LogP contribution in [0.1, 0.15) is 52.4 Å². The summed E-state index contributed by atoms with van der Waals surface area (Å²) in [4.78, 5) is 26.2. The Hall–Kier alpha value is -1.10. The third-order valence-electron chi connectivity index (χ3n) is 4.67. The summed E-state index contributed by atoms with van der Waals surface area (Å²) in [5.41, 5.74) is -0.455. The predicted octanol–water partition coefficient (Wildman–Crippen LogP) is 1.30. The van der Waals surface area contributed by atoms with E-state index in [1.54, 1.807) is 4.90 Å². The van der Waals surface area contributed by atoms with Gasteiger partial charge in [0.25, 0.3) is 0 Å². The second-order valence-corrected chi connectivity index (χ2v) is 7.08. The van der Waals surface area contributed by atoms with E-state index in [1.165, 1.54) is 6.42 Å². The maximum Gasteiger partial charge on any atom is 0.225 e. The first kappa shape index (κ1) is 16.3. The molecular formula is C16H28N2O3. The average molecular weight is 296 g/mol. The van der Waals surface area contributed by atoms with Crippen LogP contribution < -0.4 is 5.32 Å². The van der Waals surface area contributed by atoms with Crippen LogP contribution in [0.4, 0.5) is 0 Å². The van der Waals surface area contributed by atoms with Gasteiger partial charge in [0.2, 0.25) is 11.8 Å². The van der Waals surface area contributed by atoms with E-state index in [0.717, 1.165) is 25.7 Å². The second-order valence-electron chi connectivity index (χ2n) is 7.08. The lowest BCUT2D eigenvalue weighted by Crippen LogP contribution is -2.54. The van der Waals surface area contributed by atoms with Gasteiger partial charge in [0.05, 0.1) is 18.1 Å². The van der Waals surface area contributed by atoms with Gasteiger partial charge >= 0.3 is 0 Å². The molecule has 2 aliphatic rings. The molecule has 1 heterocycles. The van der Waals surface area contributed by atoms with Gasteiger partial charge in [0.1, 0.15) is 0 Å². The first-order chi connectivity index (χ1) is 9.96. The molecule has 5 nitrogen and oxygen atoms in total. The molecule has 2 fully saturated rings. The summed E-state index contributed by atoms with van der Waals surface area (Å²) in [6.07, 6.45) is 5.24. The highest BCUT2D eigenvalue weighted by Crippen LogP contribution is 2.29. The Morgan fingerprint density at radius 1 is 1.38 bits per heavy atom. The fraction of sp³-hybridized carbons (Fsp3) is 0.875. The molecule has 0 aromatic carbocycles. The maximum atomic E-state index is 12.5. The minimum absolute atomic E-state index is 0.00485. The van der Waals surface area contributed by atoms with Crippen LogP contribution in [-0.4, -0.2) is 47.1 Å². The molecule has 5 heteroatoms. The molecule has 2 N–H and O–H groups in total. The zero-order chi connectivity index (χ0) is 15.5. The molecule has 120 valence electrons. The number of amides is 2. The van der Waals surface area contributed by atoms with Gasteiger partial charge in [-0.15, -0.1) is 0 Å². The lowest BCUT2D eigenvalue weighted by Gasteiger charge is -2.37. The molecule has 2 rings (SSSR count). The van der Waals surface area contributed by atoms with Gasteiger partial charge in [-0.25, -0.2) is 0 Å². The van der Waals surface area contributed by atoms with E-state index in [9.17, 15) is 14.7 Å². The molecule has 0 radical (unpaired) electrons. The molecule has 0 aromatic heterocycles. The normalized spacial score (nSPS) is 25.4. The SMILES string of the molecule is CC(C)CN1CC(C(=O)NC2(CO)CCCCC2)CC1=O. The van der Waals surface area contributed by atoms with Crippen molar-refractivity contribution in [2.24, 2.45) is 11.8 Å². The number of hydrogen-bond donors (Lipinski definition) is 2. The van der Waals surface area contributed by atoms with Crippen molar-refractivity contribution >= 4 is 11.8 Å². The zero-order valence-corrected chi connectivity index (χ0v) is 13.2. The smallest absolute Gasteiger partial charge is 0.225 e. The van der Waals surface area contributed by atoms with E-state index in [4.69, 9.17) is 0 Å². The van der Waals surface area contributed by atoms with Crippen molar-refractivity contribution in [3.8, 4) is 0 Å². The molecule has 1 unspecified atom stereocenters. The summed E-state index contributed by atoms with van der Waals surface area (Å²) in [5, 5.41) is 12.7. The molecule has 1 saturated carbocycles. The van der Waals surface area contributed by atoms with Crippen molar-refractivity contribution < 1.29 is 14.7 Å². The van der Waals surface area contributed by atoms with E-state index in [2.05, 4.69) is 19.2 Å². The van der Waals surface area contributed by atoms with Crippen molar-refractivity contribution in [1.29, 1.82) is 0 Å². The monoisotopic (exact) mass is 296 g/mol. The first-order valence-corrected chi connectivity index (χ1v) is 8.16. The van der Waals surface area contributed by atoms with Crippen molar-refractivity contribution in [2.75, 3.05) is 19.7 Å². The average Bonchev–Trinajstić information content (AvgIpc) is 2.80. The molecule has 1 saturated heterocycles. The standard InChI is InChI=1S/C16H28N2O3/c1-12(2)9-18-10-13(8-14(18)20)15(21)17-16(11-19)6-4-3-5-7-16/h12-13,19H,3-11H2,1-2H3,(H,17,21). The Bertz CT molecular complexity index is 389. The number of nitrogens with one attached hydrogen (secondary N) is 1. The predicted molar refractivity (Wildman–Crippen MR) is 80.6 cm³/mol. The number of carbonyl (C=O) groups is 2. The Labute approximate surface area is 127 Å². The summed E-state index contributed by atoms with van der Waals surface area (Å²) in [6, 6.07) is 0. The number of carbonyl (C=O) groups excluding carboxylic acids is 2. The minimum Gasteiger partial charge on any atom is -0.394 e. The van der Waals surface area contributed by atoms with E-state index < -0.39 is 5.54 Å². The molecule has 1 atom stereocenters. The van der Waals surface area contributed by atoms with Crippen LogP contribution in [0.25, 0.3) is 0 Å². The zero-order valence-electron chi connectivity index (χ0n) is 13.2. The number of rotatable bonds is 5. The highest BCUT2D eigenvalue weighted by Gasteiger charge is 2.39. The van der Waals surface area contributed by atoms with E-state index >= 15 is 0 Å². The molecule has 0 spiro atoms. The van der Waals surface area contributed by atoms with Crippen LogP contribution in [0.5, 0.6) is 0 Å². The Morgan fingerprint density at radius 3 is 2.62 bits per heavy atom. The van der Waals surface area contributed by atoms with Crippen molar-refractivity contribution in [2.45, 2.75) is 57.9 Å². The van der Waals surface area contributed by atoms with Gasteiger partial charge < -0.3 is 15.3 Å². The van der Waals surface area contributed by atoms with Crippen LogP contribution in [0.2, 0.25) is 0 Å². The Balaban J connectivity index is 1.93. The molecule has 0 bridgehead atoms. The fourth-order valence-corrected chi connectivity index (χ4v) is 3.48. The third kappa shape index (κ3) is 3.96. The van der Waals surface area contributed by atoms with Crippen LogP contribution in [0.15, 0.2) is 0 Å². The van der Waals surface area contributed by atoms with Crippen molar-refractivity contribution in [1.82, 2.24) is 10.2 Å². The van der Waals surface area contributed by atoms with Gasteiger partial charge in [-0.2, -0.15) is 0 Å². The van der Waals surface area contributed by atoms with Crippen LogP contribution >= 0.6 is 0 Å². The summed E-state index contributed by atoms with van der Waals surface area (Å²) in [6.45, 7) is 5.38. The van der Waals surface area contributed by atoms with Gasteiger partial charge in [-0.05, 0) is 18.8 Å². The molecule has 1 aliphatic carbocycles. The van der Waals surface area contributed by atoms with Gasteiger partial charge in [-0.1, -0.05) is 33.1 Å². The van der Waals surface area contributed by atoms with Gasteiger partial charge in [-0.3, -0.25) is 9.59 Å². The van der Waals surface area contributed by atoms with Gasteiger partial charge in [0.15, 0.2) is 0 Å². The summed E-state index contributed by atoms with van der Waals surface area (Å²) < 4.78 is 0. The Kier molecular flexibility index (Phi) is 5.25. The first-order valence-electron chi connectivity index (χ1n) is 8.16. The molecular weight excluding hydrogens is 268 g/mol. The number of likely N-dealkylation sites (tertiary alicyclic amines) is 1. The van der Waals surface area contributed by atoms with E-state index in [0.29, 0.717) is 25.4 Å². The topological polar surface area (TPSA) is 69.6 Å². The number of hydrogen-bond acceptors (Lipinski definition) is 3. The third-order valence-corrected chi connectivity index (χ3v) is 4.67. The highest BCUT2D eigenvalue weighted by atomic mass is 16.3. The summed E-state index contributed by atoms with van der Waals surface area (Å²) in [7, 11) is 0. The highest BCUT2D eigenvalue weighted by molar-refractivity contribution is 5.89. The maximum absolute atomic E-state index is 12.5. The quantitative estimate of drug-likeness (QED) is 0.803. The number of nitrogens with zero attached hydrogens (tertiary/aromatic N) is 1. The number of aliphatic hydroxyl groups excluding tert-OH is 1. The fourth-order valence-electron chi connectivity index (χ4n) is 3.48. The molecule has 2 amide bonds.